The molecule has 4 nitrogen and oxygen atoms in total. The van der Waals surface area contributed by atoms with Gasteiger partial charge in [-0.2, -0.15) is 0 Å². The van der Waals surface area contributed by atoms with Crippen LogP contribution >= 0.6 is 79.6 Å². The van der Waals surface area contributed by atoms with Crippen molar-refractivity contribution in [2.24, 2.45) is 0 Å². The average Bonchev–Trinajstić information content (AvgIpc) is 2.76. The van der Waals surface area contributed by atoms with E-state index >= 15 is 0 Å². The first-order valence-electron chi connectivity index (χ1n) is 8.43. The van der Waals surface area contributed by atoms with Gasteiger partial charge in [0.05, 0.1) is 4.92 Å². The molecule has 9 heteroatoms. The number of benzene rings is 3. The van der Waals surface area contributed by atoms with Crippen LogP contribution in [0.15, 0.2) is 70.9 Å². The predicted molar refractivity (Wildman–Crippen MR) is 138 cm³/mol. The molecule has 3 rings (SSSR count). The summed E-state index contributed by atoms with van der Waals surface area (Å²) in [6, 6.07) is 14.1. The molecular weight excluding hydrogens is 714 g/mol. The lowest BCUT2D eigenvalue weighted by atomic mass is 10.1. The Labute approximate surface area is 215 Å². The minimum atomic E-state index is -0.408. The van der Waals surface area contributed by atoms with E-state index in [4.69, 9.17) is 4.74 Å². The molecule has 0 saturated carbocycles. The lowest BCUT2D eigenvalue weighted by Crippen LogP contribution is -1.99. The molecule has 0 aliphatic rings. The quantitative estimate of drug-likeness (QED) is 0.0838. The molecule has 0 N–H and O–H groups in total. The molecule has 0 aromatic heterocycles. The number of nitro groups is 1. The average molecular weight is 726 g/mol. The molecule has 0 aliphatic heterocycles. The number of ether oxygens (including phenoxy) is 1. The second kappa shape index (κ2) is 10.5. The van der Waals surface area contributed by atoms with E-state index in [1.807, 2.05) is 36.4 Å². The van der Waals surface area contributed by atoms with Gasteiger partial charge in [-0.1, -0.05) is 24.3 Å². The molecule has 0 heterocycles. The fraction of sp³-hybridized carbons (Fsp3) is 0.0476. The summed E-state index contributed by atoms with van der Waals surface area (Å²) in [5.41, 5.74) is 2.94. The van der Waals surface area contributed by atoms with Crippen LogP contribution in [0.3, 0.4) is 0 Å². The molecule has 0 fully saturated rings. The third-order valence-electron chi connectivity index (χ3n) is 4.14. The highest BCUT2D eigenvalue weighted by Crippen LogP contribution is 2.44. The highest BCUT2D eigenvalue weighted by molar-refractivity contribution is 9.15. The van der Waals surface area contributed by atoms with Crippen LogP contribution in [-0.2, 0) is 6.61 Å². The maximum atomic E-state index is 10.7. The summed E-state index contributed by atoms with van der Waals surface area (Å²) < 4.78 is 10.5. The SMILES string of the molecule is O=[N+]([O-])c1ccc(/C=C/c2ccc(OCc3c(Br)c(Br)c(Br)c(Br)c3Br)cc2)cc1. The molecular formula is C21H12Br5NO3. The zero-order valence-electron chi connectivity index (χ0n) is 15.0. The van der Waals surface area contributed by atoms with Gasteiger partial charge in [-0.3, -0.25) is 10.1 Å². The number of hydrogen-bond acceptors (Lipinski definition) is 3. The van der Waals surface area contributed by atoms with Crippen LogP contribution in [-0.4, -0.2) is 4.92 Å². The van der Waals surface area contributed by atoms with E-state index in [0.717, 1.165) is 44.8 Å². The van der Waals surface area contributed by atoms with Crippen molar-refractivity contribution in [3.63, 3.8) is 0 Å². The van der Waals surface area contributed by atoms with Crippen LogP contribution in [0.5, 0.6) is 5.75 Å². The van der Waals surface area contributed by atoms with Crippen molar-refractivity contribution < 1.29 is 9.66 Å². The van der Waals surface area contributed by atoms with Crippen molar-refractivity contribution in [2.75, 3.05) is 0 Å². The number of nitro benzene ring substituents is 1. The van der Waals surface area contributed by atoms with Crippen molar-refractivity contribution in [2.45, 2.75) is 6.61 Å². The van der Waals surface area contributed by atoms with E-state index < -0.39 is 4.92 Å². The number of hydrogen-bond donors (Lipinski definition) is 0. The largest absolute Gasteiger partial charge is 0.489 e. The van der Waals surface area contributed by atoms with E-state index in [9.17, 15) is 10.1 Å². The third kappa shape index (κ3) is 5.62. The Hall–Kier alpha value is -1.000. The molecule has 0 radical (unpaired) electrons. The Morgan fingerprint density at radius 2 is 1.17 bits per heavy atom. The molecule has 154 valence electrons. The zero-order chi connectivity index (χ0) is 21.8. The van der Waals surface area contributed by atoms with Gasteiger partial charge in [0.1, 0.15) is 12.4 Å². The normalized spacial score (nSPS) is 11.1. The lowest BCUT2D eigenvalue weighted by molar-refractivity contribution is -0.384. The summed E-state index contributed by atoms with van der Waals surface area (Å²) in [7, 11) is 0. The number of halogens is 5. The van der Waals surface area contributed by atoms with Crippen molar-refractivity contribution in [1.29, 1.82) is 0 Å². The third-order valence-corrected chi connectivity index (χ3v) is 10.4. The zero-order valence-corrected chi connectivity index (χ0v) is 23.0. The Morgan fingerprint density at radius 1 is 0.733 bits per heavy atom. The second-order valence-corrected chi connectivity index (χ2v) is 10.1. The minimum absolute atomic E-state index is 0.0803. The summed E-state index contributed by atoms with van der Waals surface area (Å²) in [6.45, 7) is 0.379. The summed E-state index contributed by atoms with van der Waals surface area (Å²) in [4.78, 5) is 10.3. The first-order valence-corrected chi connectivity index (χ1v) is 12.4. The summed E-state index contributed by atoms with van der Waals surface area (Å²) >= 11 is 17.8. The molecule has 3 aromatic carbocycles. The molecule has 0 saturated heterocycles. The first-order chi connectivity index (χ1) is 14.3. The van der Waals surface area contributed by atoms with Crippen LogP contribution in [0.1, 0.15) is 16.7 Å². The first kappa shape index (κ1) is 23.7. The van der Waals surface area contributed by atoms with Crippen molar-refractivity contribution in [3.05, 3.63) is 97.7 Å². The summed E-state index contributed by atoms with van der Waals surface area (Å²) in [5.74, 6) is 0.747. The fourth-order valence-corrected chi connectivity index (χ4v) is 5.87. The highest BCUT2D eigenvalue weighted by Gasteiger charge is 2.18. The van der Waals surface area contributed by atoms with Gasteiger partial charge in [-0.05, 0) is 115 Å². The van der Waals surface area contributed by atoms with Gasteiger partial charge < -0.3 is 4.74 Å². The van der Waals surface area contributed by atoms with Gasteiger partial charge >= 0.3 is 0 Å². The van der Waals surface area contributed by atoms with Gasteiger partial charge in [0, 0.05) is 40.1 Å². The Balaban J connectivity index is 1.67. The summed E-state index contributed by atoms with van der Waals surface area (Å²) in [6.07, 6.45) is 3.85. The van der Waals surface area contributed by atoms with E-state index in [-0.39, 0.29) is 5.69 Å². The van der Waals surface area contributed by atoms with Gasteiger partial charge in [-0.25, -0.2) is 0 Å². The van der Waals surface area contributed by atoms with E-state index in [1.165, 1.54) is 12.1 Å². The topological polar surface area (TPSA) is 52.4 Å². The summed E-state index contributed by atoms with van der Waals surface area (Å²) in [5, 5.41) is 10.7. The Morgan fingerprint density at radius 3 is 1.63 bits per heavy atom. The van der Waals surface area contributed by atoms with Crippen LogP contribution in [0.4, 0.5) is 5.69 Å². The fourth-order valence-electron chi connectivity index (χ4n) is 2.51. The number of rotatable bonds is 6. The highest BCUT2D eigenvalue weighted by atomic mass is 79.9. The molecule has 0 atom stereocenters. The number of non-ortho nitro benzene ring substituents is 1. The monoisotopic (exact) mass is 721 g/mol. The molecule has 30 heavy (non-hydrogen) atoms. The minimum Gasteiger partial charge on any atom is -0.489 e. The van der Waals surface area contributed by atoms with E-state index in [2.05, 4.69) is 79.6 Å². The Kier molecular flexibility index (Phi) is 8.31. The smallest absolute Gasteiger partial charge is 0.269 e. The van der Waals surface area contributed by atoms with Crippen molar-refractivity contribution >= 4 is 97.5 Å². The second-order valence-electron chi connectivity index (χ2n) is 6.09. The van der Waals surface area contributed by atoms with Crippen LogP contribution in [0, 0.1) is 10.1 Å². The van der Waals surface area contributed by atoms with Gasteiger partial charge in [0.25, 0.3) is 5.69 Å². The van der Waals surface area contributed by atoms with Crippen molar-refractivity contribution in [1.82, 2.24) is 0 Å². The molecule has 0 spiro atoms. The van der Waals surface area contributed by atoms with Gasteiger partial charge in [0.15, 0.2) is 0 Å². The van der Waals surface area contributed by atoms with E-state index in [0.29, 0.717) is 6.61 Å². The molecule has 3 aromatic rings. The van der Waals surface area contributed by atoms with Crippen molar-refractivity contribution in [3.8, 4) is 5.75 Å². The van der Waals surface area contributed by atoms with Crippen LogP contribution < -0.4 is 4.74 Å². The number of nitrogens with zero attached hydrogens (tertiary/aromatic N) is 1. The molecule has 0 bridgehead atoms. The maximum Gasteiger partial charge on any atom is 0.269 e. The molecule has 0 unspecified atom stereocenters. The van der Waals surface area contributed by atoms with Crippen LogP contribution in [0.25, 0.3) is 12.2 Å². The van der Waals surface area contributed by atoms with Gasteiger partial charge in [0.2, 0.25) is 0 Å². The Bertz CT molecular complexity index is 1080. The molecule has 0 aliphatic carbocycles. The molecule has 0 amide bonds. The van der Waals surface area contributed by atoms with E-state index in [1.54, 1.807) is 12.1 Å². The van der Waals surface area contributed by atoms with Crippen LogP contribution in [0.2, 0.25) is 0 Å². The lowest BCUT2D eigenvalue weighted by Gasteiger charge is -2.14. The van der Waals surface area contributed by atoms with Gasteiger partial charge in [-0.15, -0.1) is 0 Å². The maximum absolute atomic E-state index is 10.7. The predicted octanol–water partition coefficient (Wildman–Crippen LogP) is 9.16. The standard InChI is InChI=1S/C21H12Br5NO3/c22-17-16(18(23)20(25)21(26)19(17)24)11-30-15-9-5-13(6-10-15)2-1-12-3-7-14(8-4-12)27(28)29/h1-10H,11H2/b2-1+.